The molecule has 1 saturated carbocycles. The maximum absolute atomic E-state index is 3.54. The highest BCUT2D eigenvalue weighted by molar-refractivity contribution is 4.99. The Kier molecular flexibility index (Phi) is 2.40. The van der Waals surface area contributed by atoms with Crippen LogP contribution >= 0.6 is 0 Å². The summed E-state index contributed by atoms with van der Waals surface area (Å²) in [5, 5.41) is 3.54. The zero-order valence-electron chi connectivity index (χ0n) is 8.34. The largest absolute Gasteiger partial charge is 0.308 e. The van der Waals surface area contributed by atoms with Gasteiger partial charge in [-0.1, -0.05) is 26.2 Å². The van der Waals surface area contributed by atoms with Crippen molar-refractivity contribution in [3.05, 3.63) is 0 Å². The predicted octanol–water partition coefficient (Wildman–Crippen LogP) is 2.56. The Morgan fingerprint density at radius 2 is 1.75 bits per heavy atom. The van der Waals surface area contributed by atoms with Gasteiger partial charge in [-0.05, 0) is 31.6 Å². The van der Waals surface area contributed by atoms with Crippen LogP contribution in [0.1, 0.15) is 46.0 Å². The van der Waals surface area contributed by atoms with E-state index in [-0.39, 0.29) is 0 Å². The Labute approximate surface area is 75.9 Å². The summed E-state index contributed by atoms with van der Waals surface area (Å²) in [6.07, 6.45) is 7.36. The van der Waals surface area contributed by atoms with E-state index in [2.05, 4.69) is 19.2 Å². The normalized spacial score (nSPS) is 48.5. The number of hydrogen-bond acceptors (Lipinski definition) is 1. The SMILES string of the molecule is CC1CCCC([C@H]2N[C@H]2C)CC1. The second-order valence-corrected chi connectivity index (χ2v) is 4.85. The third kappa shape index (κ3) is 1.82. The second-order valence-electron chi connectivity index (χ2n) is 4.85. The molecule has 1 N–H and O–H groups in total. The fourth-order valence-corrected chi connectivity index (χ4v) is 2.67. The van der Waals surface area contributed by atoms with Gasteiger partial charge >= 0.3 is 0 Å². The van der Waals surface area contributed by atoms with E-state index in [1.165, 1.54) is 32.1 Å². The van der Waals surface area contributed by atoms with E-state index >= 15 is 0 Å². The first-order valence-electron chi connectivity index (χ1n) is 5.53. The first-order chi connectivity index (χ1) is 5.77. The van der Waals surface area contributed by atoms with Crippen LogP contribution in [-0.2, 0) is 0 Å². The molecule has 70 valence electrons. The van der Waals surface area contributed by atoms with Crippen molar-refractivity contribution >= 4 is 0 Å². The molecule has 1 heteroatoms. The minimum atomic E-state index is 0.823. The number of rotatable bonds is 1. The van der Waals surface area contributed by atoms with Crippen molar-refractivity contribution in [3.63, 3.8) is 0 Å². The van der Waals surface area contributed by atoms with Crippen LogP contribution in [0, 0.1) is 11.8 Å². The molecule has 2 unspecified atom stereocenters. The highest BCUT2D eigenvalue weighted by Gasteiger charge is 2.38. The molecule has 0 aromatic rings. The van der Waals surface area contributed by atoms with E-state index in [4.69, 9.17) is 0 Å². The zero-order valence-corrected chi connectivity index (χ0v) is 8.34. The fraction of sp³-hybridized carbons (Fsp3) is 1.00. The van der Waals surface area contributed by atoms with Crippen molar-refractivity contribution in [2.45, 2.75) is 58.0 Å². The Hall–Kier alpha value is -0.0400. The zero-order chi connectivity index (χ0) is 8.55. The van der Waals surface area contributed by atoms with E-state index in [0.29, 0.717) is 0 Å². The van der Waals surface area contributed by atoms with Crippen LogP contribution in [0.4, 0.5) is 0 Å². The van der Waals surface area contributed by atoms with Gasteiger partial charge in [-0.2, -0.15) is 0 Å². The average molecular weight is 167 g/mol. The van der Waals surface area contributed by atoms with Gasteiger partial charge in [0.05, 0.1) is 0 Å². The van der Waals surface area contributed by atoms with Crippen LogP contribution in [0.5, 0.6) is 0 Å². The van der Waals surface area contributed by atoms with Crippen molar-refractivity contribution < 1.29 is 0 Å². The molecule has 2 aliphatic rings. The molecule has 2 rings (SSSR count). The van der Waals surface area contributed by atoms with E-state index < -0.39 is 0 Å². The van der Waals surface area contributed by atoms with Gasteiger partial charge in [0.25, 0.3) is 0 Å². The summed E-state index contributed by atoms with van der Waals surface area (Å²) >= 11 is 0. The summed E-state index contributed by atoms with van der Waals surface area (Å²) in [5.41, 5.74) is 0. The molecule has 1 nitrogen and oxygen atoms in total. The third-order valence-electron chi connectivity index (χ3n) is 3.69. The van der Waals surface area contributed by atoms with Crippen LogP contribution in [0.3, 0.4) is 0 Å². The number of hydrogen-bond donors (Lipinski definition) is 1. The summed E-state index contributed by atoms with van der Waals surface area (Å²) in [6.45, 7) is 4.73. The summed E-state index contributed by atoms with van der Waals surface area (Å²) in [4.78, 5) is 0. The standard InChI is InChI=1S/C11H21N/c1-8-4-3-5-10(7-6-8)11-9(2)12-11/h8-12H,3-7H2,1-2H3/t8?,9-,10?,11-/m0/s1. The van der Waals surface area contributed by atoms with E-state index in [0.717, 1.165) is 23.9 Å². The minimum Gasteiger partial charge on any atom is -0.308 e. The molecule has 0 bridgehead atoms. The van der Waals surface area contributed by atoms with Gasteiger partial charge < -0.3 is 5.32 Å². The first kappa shape index (κ1) is 8.55. The number of nitrogens with one attached hydrogen (secondary N) is 1. The van der Waals surface area contributed by atoms with Crippen LogP contribution in [0.25, 0.3) is 0 Å². The van der Waals surface area contributed by atoms with Crippen LogP contribution in [0.2, 0.25) is 0 Å². The molecule has 1 saturated heterocycles. The molecule has 2 fully saturated rings. The van der Waals surface area contributed by atoms with E-state index in [1.54, 1.807) is 0 Å². The molecular weight excluding hydrogens is 146 g/mol. The Balaban J connectivity index is 1.83. The lowest BCUT2D eigenvalue weighted by atomic mass is 9.94. The van der Waals surface area contributed by atoms with Crippen LogP contribution < -0.4 is 5.32 Å². The molecule has 12 heavy (non-hydrogen) atoms. The van der Waals surface area contributed by atoms with Gasteiger partial charge in [0, 0.05) is 12.1 Å². The van der Waals surface area contributed by atoms with E-state index in [1.807, 2.05) is 0 Å². The monoisotopic (exact) mass is 167 g/mol. The lowest BCUT2D eigenvalue weighted by Gasteiger charge is -2.11. The van der Waals surface area contributed by atoms with Gasteiger partial charge in [-0.25, -0.2) is 0 Å². The van der Waals surface area contributed by atoms with Crippen LogP contribution in [-0.4, -0.2) is 12.1 Å². The van der Waals surface area contributed by atoms with Crippen molar-refractivity contribution in [3.8, 4) is 0 Å². The minimum absolute atomic E-state index is 0.823. The van der Waals surface area contributed by atoms with Gasteiger partial charge in [0.15, 0.2) is 0 Å². The van der Waals surface area contributed by atoms with Crippen molar-refractivity contribution in [2.24, 2.45) is 11.8 Å². The average Bonchev–Trinajstić information content (AvgIpc) is 2.75. The summed E-state index contributed by atoms with van der Waals surface area (Å²) < 4.78 is 0. The summed E-state index contributed by atoms with van der Waals surface area (Å²) in [5.74, 6) is 1.99. The third-order valence-corrected chi connectivity index (χ3v) is 3.69. The molecule has 0 aromatic heterocycles. The van der Waals surface area contributed by atoms with Crippen molar-refractivity contribution in [2.75, 3.05) is 0 Å². The molecule has 0 amide bonds. The fourth-order valence-electron chi connectivity index (χ4n) is 2.67. The Morgan fingerprint density at radius 3 is 2.42 bits per heavy atom. The lowest BCUT2D eigenvalue weighted by molar-refractivity contribution is 0.433. The van der Waals surface area contributed by atoms with E-state index in [9.17, 15) is 0 Å². The summed E-state index contributed by atoms with van der Waals surface area (Å²) in [7, 11) is 0. The second kappa shape index (κ2) is 3.37. The molecule has 1 aliphatic carbocycles. The summed E-state index contributed by atoms with van der Waals surface area (Å²) in [6, 6.07) is 1.71. The van der Waals surface area contributed by atoms with Gasteiger partial charge in [-0.3, -0.25) is 0 Å². The van der Waals surface area contributed by atoms with Crippen molar-refractivity contribution in [1.82, 2.24) is 5.32 Å². The highest BCUT2D eigenvalue weighted by atomic mass is 15.1. The molecule has 1 heterocycles. The Morgan fingerprint density at radius 1 is 1.00 bits per heavy atom. The molecule has 0 radical (unpaired) electrons. The molecule has 1 aliphatic heterocycles. The smallest absolute Gasteiger partial charge is 0.0249 e. The Bertz CT molecular complexity index is 155. The first-order valence-corrected chi connectivity index (χ1v) is 5.53. The molecule has 0 aromatic carbocycles. The molecule has 4 atom stereocenters. The lowest BCUT2D eigenvalue weighted by Crippen LogP contribution is -2.10. The molecule has 0 spiro atoms. The maximum atomic E-state index is 3.54. The van der Waals surface area contributed by atoms with Gasteiger partial charge in [0.1, 0.15) is 0 Å². The van der Waals surface area contributed by atoms with Crippen molar-refractivity contribution in [1.29, 1.82) is 0 Å². The van der Waals surface area contributed by atoms with Gasteiger partial charge in [0.2, 0.25) is 0 Å². The van der Waals surface area contributed by atoms with Gasteiger partial charge in [-0.15, -0.1) is 0 Å². The highest BCUT2D eigenvalue weighted by Crippen LogP contribution is 2.33. The molecular formula is C11H21N. The maximum Gasteiger partial charge on any atom is 0.0249 e. The predicted molar refractivity (Wildman–Crippen MR) is 52.1 cm³/mol. The quantitative estimate of drug-likeness (QED) is 0.470. The van der Waals surface area contributed by atoms with Crippen LogP contribution in [0.15, 0.2) is 0 Å². The topological polar surface area (TPSA) is 21.9 Å².